The van der Waals surface area contributed by atoms with E-state index in [9.17, 15) is 0 Å². The number of fused-ring (bicyclic) bond motifs is 5. The van der Waals surface area contributed by atoms with Crippen LogP contribution in [0.25, 0.3) is 77.5 Å². The first-order valence-electron chi connectivity index (χ1n) is 21.3. The summed E-state index contributed by atoms with van der Waals surface area (Å²) in [5.74, 6) is 0. The molecule has 0 radical (unpaired) electrons. The van der Waals surface area contributed by atoms with Crippen LogP contribution in [0.4, 0.5) is 17.1 Å². The maximum absolute atomic E-state index is 2.47. The van der Waals surface area contributed by atoms with Gasteiger partial charge in [0.25, 0.3) is 0 Å². The van der Waals surface area contributed by atoms with Crippen molar-refractivity contribution in [2.75, 3.05) is 4.90 Å². The van der Waals surface area contributed by atoms with E-state index in [1.165, 1.54) is 94.2 Å². The summed E-state index contributed by atoms with van der Waals surface area (Å²) < 4.78 is 0. The number of rotatable bonds is 8. The zero-order valence-electron chi connectivity index (χ0n) is 33.9. The highest BCUT2D eigenvalue weighted by Gasteiger charge is 2.41. The summed E-state index contributed by atoms with van der Waals surface area (Å²) in [6.45, 7) is 2.39. The SMILES string of the molecule is CC1(c2ccccc2)c2ccccc2-c2c(-c3ccc(N(c4ccccc4-c4ccccc4)c4ccccc4-c4cccc5cccc(-c6cc7cc-7c6)c45)cc3)cccc21. The highest BCUT2D eigenvalue weighted by atomic mass is 15.1. The van der Waals surface area contributed by atoms with E-state index in [0.29, 0.717) is 0 Å². The highest BCUT2D eigenvalue weighted by molar-refractivity contribution is 6.10. The molecule has 12 rings (SSSR count). The number of nitrogens with zero attached hydrogens (tertiary/aromatic N) is 1. The van der Waals surface area contributed by atoms with Gasteiger partial charge in [-0.2, -0.15) is 0 Å². The summed E-state index contributed by atoms with van der Waals surface area (Å²) in [5.41, 5.74) is 22.2. The van der Waals surface area contributed by atoms with Crippen molar-refractivity contribution in [3.05, 3.63) is 247 Å². The van der Waals surface area contributed by atoms with Crippen LogP contribution in [0.5, 0.6) is 0 Å². The maximum atomic E-state index is 2.47. The van der Waals surface area contributed by atoms with E-state index in [1.54, 1.807) is 0 Å². The largest absolute Gasteiger partial charge is 0.309 e. The molecule has 1 heteroatoms. The van der Waals surface area contributed by atoms with Crippen LogP contribution < -0.4 is 4.90 Å². The predicted octanol–water partition coefficient (Wildman–Crippen LogP) is 16.3. The molecule has 0 spiro atoms. The molecule has 9 aromatic rings. The van der Waals surface area contributed by atoms with Gasteiger partial charge < -0.3 is 4.90 Å². The summed E-state index contributed by atoms with van der Waals surface area (Å²) in [5, 5.41) is 2.51. The van der Waals surface area contributed by atoms with Crippen molar-refractivity contribution in [2.45, 2.75) is 12.3 Å². The first kappa shape index (κ1) is 35.2. The second kappa shape index (κ2) is 13.9. The van der Waals surface area contributed by atoms with E-state index in [2.05, 4.69) is 242 Å². The van der Waals surface area contributed by atoms with Crippen molar-refractivity contribution in [1.82, 2.24) is 0 Å². The zero-order chi connectivity index (χ0) is 40.5. The Kier molecular flexibility index (Phi) is 8.05. The average molecular weight is 776 g/mol. The van der Waals surface area contributed by atoms with E-state index < -0.39 is 0 Å². The van der Waals surface area contributed by atoms with Crippen LogP contribution in [0.15, 0.2) is 231 Å². The molecule has 1 nitrogen and oxygen atoms in total. The van der Waals surface area contributed by atoms with Crippen molar-refractivity contribution < 1.29 is 0 Å². The Hall–Kier alpha value is -7.74. The van der Waals surface area contributed by atoms with Gasteiger partial charge in [0.2, 0.25) is 0 Å². The smallest absolute Gasteiger partial charge is 0.0540 e. The molecule has 0 aliphatic heterocycles. The van der Waals surface area contributed by atoms with Gasteiger partial charge in [-0.05, 0) is 132 Å². The number of benzene rings is 10. The van der Waals surface area contributed by atoms with E-state index in [4.69, 9.17) is 0 Å². The Morgan fingerprint density at radius 3 is 1.57 bits per heavy atom. The molecule has 0 N–H and O–H groups in total. The molecule has 1 atom stereocenters. The second-order valence-electron chi connectivity index (χ2n) is 16.6. The van der Waals surface area contributed by atoms with Crippen LogP contribution in [-0.2, 0) is 5.41 Å². The third-order valence-electron chi connectivity index (χ3n) is 13.2. The van der Waals surface area contributed by atoms with Crippen LogP contribution in [0.3, 0.4) is 0 Å². The molecule has 0 heterocycles. The van der Waals surface area contributed by atoms with Crippen molar-refractivity contribution in [3.8, 4) is 66.8 Å². The molecule has 0 amide bonds. The Labute approximate surface area is 357 Å². The van der Waals surface area contributed by atoms with E-state index in [0.717, 1.165) is 17.1 Å². The highest BCUT2D eigenvalue weighted by Crippen LogP contribution is 2.55. The van der Waals surface area contributed by atoms with Gasteiger partial charge in [0.15, 0.2) is 0 Å². The lowest BCUT2D eigenvalue weighted by atomic mass is 9.74. The summed E-state index contributed by atoms with van der Waals surface area (Å²) in [6, 6.07) is 85.0. The summed E-state index contributed by atoms with van der Waals surface area (Å²) >= 11 is 0. The van der Waals surface area contributed by atoms with Gasteiger partial charge in [-0.1, -0.05) is 188 Å². The standard InChI is InChI=1S/C60H41N/c1-60(46-21-6-3-7-22-46)54-29-11-8-25-53(54)59-49(27-16-30-55(59)60)41-33-35-47(36-34-41)61(56-31-12-9-23-48(56)40-17-4-2-5-18-40)57-32-13-10-24-51(57)52-28-15-20-42-19-14-26-50(58(42)52)45-38-43-37-44(43)39-45/h2-39H,1H3. The molecule has 0 aromatic heterocycles. The lowest BCUT2D eigenvalue weighted by molar-refractivity contribution is 0.714. The zero-order valence-corrected chi connectivity index (χ0v) is 33.9. The molecule has 1 unspecified atom stereocenters. The molecule has 3 aliphatic rings. The first-order valence-corrected chi connectivity index (χ1v) is 21.3. The fourth-order valence-electron chi connectivity index (χ4n) is 10.2. The first-order chi connectivity index (χ1) is 30.1. The molecule has 0 fully saturated rings. The summed E-state index contributed by atoms with van der Waals surface area (Å²) in [7, 11) is 0. The van der Waals surface area contributed by atoms with Crippen LogP contribution in [0, 0.1) is 0 Å². The minimum Gasteiger partial charge on any atom is -0.309 e. The third kappa shape index (κ3) is 5.62. The molecule has 0 saturated carbocycles. The fraction of sp³-hybridized carbons (Fsp3) is 0.0333. The topological polar surface area (TPSA) is 3.24 Å². The lowest BCUT2D eigenvalue weighted by Crippen LogP contribution is -2.22. The number of anilines is 3. The Morgan fingerprint density at radius 1 is 0.328 bits per heavy atom. The molecular weight excluding hydrogens is 735 g/mol. The Morgan fingerprint density at radius 2 is 0.836 bits per heavy atom. The van der Waals surface area contributed by atoms with Crippen molar-refractivity contribution >= 4 is 27.8 Å². The molecule has 286 valence electrons. The maximum Gasteiger partial charge on any atom is 0.0540 e. The third-order valence-corrected chi connectivity index (χ3v) is 13.2. The fourth-order valence-corrected chi connectivity index (χ4v) is 10.2. The van der Waals surface area contributed by atoms with Crippen LogP contribution in [-0.4, -0.2) is 0 Å². The molecule has 0 saturated heterocycles. The number of hydrogen-bond donors (Lipinski definition) is 0. The summed E-state index contributed by atoms with van der Waals surface area (Å²) in [6.07, 6.45) is 0. The second-order valence-corrected chi connectivity index (χ2v) is 16.6. The Balaban J connectivity index is 1.05. The van der Waals surface area contributed by atoms with Crippen LogP contribution >= 0.6 is 0 Å². The number of hydrogen-bond acceptors (Lipinski definition) is 1. The lowest BCUT2D eigenvalue weighted by Gasteiger charge is -2.30. The average Bonchev–Trinajstić information content (AvgIpc) is 3.85. The number of para-hydroxylation sites is 2. The van der Waals surface area contributed by atoms with Gasteiger partial charge in [0.05, 0.1) is 11.4 Å². The summed E-state index contributed by atoms with van der Waals surface area (Å²) in [4.78, 5) is 2.47. The van der Waals surface area contributed by atoms with Crippen molar-refractivity contribution in [2.24, 2.45) is 0 Å². The van der Waals surface area contributed by atoms with Crippen LogP contribution in [0.1, 0.15) is 23.6 Å². The minimum atomic E-state index is -0.255. The van der Waals surface area contributed by atoms with E-state index in [1.807, 2.05) is 0 Å². The van der Waals surface area contributed by atoms with E-state index >= 15 is 0 Å². The van der Waals surface area contributed by atoms with Crippen molar-refractivity contribution in [3.63, 3.8) is 0 Å². The van der Waals surface area contributed by atoms with Gasteiger partial charge in [-0.3, -0.25) is 0 Å². The quantitative estimate of drug-likeness (QED) is 0.149. The van der Waals surface area contributed by atoms with Gasteiger partial charge in [-0.25, -0.2) is 0 Å². The predicted molar refractivity (Wildman–Crippen MR) is 257 cm³/mol. The van der Waals surface area contributed by atoms with Gasteiger partial charge in [0.1, 0.15) is 0 Å². The van der Waals surface area contributed by atoms with E-state index in [-0.39, 0.29) is 5.41 Å². The molecular formula is C60H41N. The van der Waals surface area contributed by atoms with Crippen molar-refractivity contribution in [1.29, 1.82) is 0 Å². The molecule has 61 heavy (non-hydrogen) atoms. The molecule has 0 bridgehead atoms. The molecule has 9 aromatic carbocycles. The van der Waals surface area contributed by atoms with Gasteiger partial charge in [-0.15, -0.1) is 0 Å². The minimum absolute atomic E-state index is 0.255. The normalized spacial score (nSPS) is 14.4. The van der Waals surface area contributed by atoms with Gasteiger partial charge >= 0.3 is 0 Å². The monoisotopic (exact) mass is 775 g/mol. The Bertz CT molecular complexity index is 3280. The van der Waals surface area contributed by atoms with Crippen LogP contribution in [0.2, 0.25) is 0 Å². The molecule has 3 aliphatic carbocycles. The van der Waals surface area contributed by atoms with Gasteiger partial charge in [0, 0.05) is 22.2 Å².